The summed E-state index contributed by atoms with van der Waals surface area (Å²) in [6.45, 7) is -0.225. The fourth-order valence-corrected chi connectivity index (χ4v) is 3.10. The monoisotopic (exact) mass is 404 g/mol. The van der Waals surface area contributed by atoms with Crippen molar-refractivity contribution < 1.29 is 35.1 Å². The number of nitrogens with one attached hydrogen (secondary N) is 1. The van der Waals surface area contributed by atoms with Crippen molar-refractivity contribution in [1.82, 2.24) is 20.0 Å². The van der Waals surface area contributed by atoms with Crippen molar-refractivity contribution in [3.63, 3.8) is 0 Å². The van der Waals surface area contributed by atoms with Crippen LogP contribution in [0.3, 0.4) is 0 Å². The fourth-order valence-electron chi connectivity index (χ4n) is 2.19. The largest absolute Gasteiger partial charge is 0.452 e. The van der Waals surface area contributed by atoms with Crippen LogP contribution in [0.5, 0.6) is 0 Å². The van der Waals surface area contributed by atoms with Crippen molar-refractivity contribution in [2.45, 2.75) is 36.6 Å². The first-order chi connectivity index (χ1) is 12.7. The lowest BCUT2D eigenvalue weighted by molar-refractivity contribution is -0.155. The van der Waals surface area contributed by atoms with E-state index in [9.17, 15) is 21.6 Å². The average Bonchev–Trinajstić information content (AvgIpc) is 3.07. The SMILES string of the molecule is O=S(=O)(NCc1noc(C2CC2)n1)c1ccc(-c2cc(C(F)(F)F)on2)o1. The zero-order valence-corrected chi connectivity index (χ0v) is 14.2. The highest BCUT2D eigenvalue weighted by molar-refractivity contribution is 7.89. The second-order valence-electron chi connectivity index (χ2n) is 5.84. The number of furan rings is 1. The molecule has 0 atom stereocenters. The molecule has 1 aliphatic rings. The van der Waals surface area contributed by atoms with Crippen LogP contribution in [0.25, 0.3) is 11.5 Å². The predicted molar refractivity (Wildman–Crippen MR) is 79.5 cm³/mol. The molecule has 4 rings (SSSR count). The molecular formula is C14H11F3N4O5S. The normalized spacial score (nSPS) is 15.4. The molecule has 1 N–H and O–H groups in total. The van der Waals surface area contributed by atoms with Gasteiger partial charge in [-0.25, -0.2) is 13.1 Å². The van der Waals surface area contributed by atoms with Gasteiger partial charge in [0.15, 0.2) is 11.6 Å². The third-order valence-electron chi connectivity index (χ3n) is 3.72. The summed E-state index contributed by atoms with van der Waals surface area (Å²) < 4.78 is 78.7. The highest BCUT2D eigenvalue weighted by atomic mass is 32.2. The van der Waals surface area contributed by atoms with Crippen LogP contribution in [0.4, 0.5) is 13.2 Å². The molecule has 3 heterocycles. The average molecular weight is 404 g/mol. The van der Waals surface area contributed by atoms with Gasteiger partial charge >= 0.3 is 6.18 Å². The number of nitrogens with zero attached hydrogens (tertiary/aromatic N) is 3. The zero-order valence-electron chi connectivity index (χ0n) is 13.4. The van der Waals surface area contributed by atoms with Gasteiger partial charge in [-0.05, 0) is 25.0 Å². The van der Waals surface area contributed by atoms with Gasteiger partial charge in [0.25, 0.3) is 10.0 Å². The Morgan fingerprint density at radius 1 is 1.19 bits per heavy atom. The molecule has 3 aromatic rings. The number of alkyl halides is 3. The molecule has 0 bridgehead atoms. The lowest BCUT2D eigenvalue weighted by atomic mass is 10.3. The third kappa shape index (κ3) is 3.73. The maximum atomic E-state index is 12.5. The maximum Gasteiger partial charge on any atom is 0.452 e. The molecule has 0 aliphatic heterocycles. The summed E-state index contributed by atoms with van der Waals surface area (Å²) >= 11 is 0. The molecule has 0 amide bonds. The van der Waals surface area contributed by atoms with Crippen molar-refractivity contribution in [3.05, 3.63) is 35.7 Å². The van der Waals surface area contributed by atoms with Gasteiger partial charge in [0.2, 0.25) is 16.7 Å². The van der Waals surface area contributed by atoms with Crippen LogP contribution < -0.4 is 4.72 Å². The van der Waals surface area contributed by atoms with Crippen LogP contribution in [0.2, 0.25) is 0 Å². The topological polar surface area (TPSA) is 124 Å². The molecule has 1 fully saturated rings. The van der Waals surface area contributed by atoms with E-state index < -0.39 is 27.1 Å². The summed E-state index contributed by atoms with van der Waals surface area (Å²) in [6, 6.07) is 2.87. The summed E-state index contributed by atoms with van der Waals surface area (Å²) in [5, 5.41) is 6.41. The molecule has 144 valence electrons. The van der Waals surface area contributed by atoms with Crippen molar-refractivity contribution in [2.75, 3.05) is 0 Å². The van der Waals surface area contributed by atoms with Gasteiger partial charge in [-0.2, -0.15) is 18.2 Å². The molecule has 0 spiro atoms. The first-order valence-electron chi connectivity index (χ1n) is 7.68. The Hall–Kier alpha value is -2.67. The maximum absolute atomic E-state index is 12.5. The molecule has 13 heteroatoms. The number of rotatable bonds is 6. The minimum absolute atomic E-state index is 0.165. The number of halogens is 3. The third-order valence-corrected chi connectivity index (χ3v) is 4.99. The minimum Gasteiger partial charge on any atom is -0.441 e. The minimum atomic E-state index is -4.71. The van der Waals surface area contributed by atoms with Gasteiger partial charge in [-0.15, -0.1) is 0 Å². The highest BCUT2D eigenvalue weighted by Crippen LogP contribution is 2.38. The van der Waals surface area contributed by atoms with Crippen LogP contribution in [-0.4, -0.2) is 23.7 Å². The van der Waals surface area contributed by atoms with E-state index in [1.165, 1.54) is 6.07 Å². The van der Waals surface area contributed by atoms with Gasteiger partial charge in [0.05, 0.1) is 6.54 Å². The first kappa shape index (κ1) is 17.7. The molecule has 3 aromatic heterocycles. The van der Waals surface area contributed by atoms with Gasteiger partial charge in [-0.1, -0.05) is 10.3 Å². The summed E-state index contributed by atoms with van der Waals surface area (Å²) in [4.78, 5) is 4.08. The second kappa shape index (κ2) is 6.20. The van der Waals surface area contributed by atoms with Crippen molar-refractivity contribution in [1.29, 1.82) is 0 Å². The Bertz CT molecular complexity index is 1060. The van der Waals surface area contributed by atoms with E-state index in [0.29, 0.717) is 12.0 Å². The van der Waals surface area contributed by atoms with E-state index in [4.69, 9.17) is 8.94 Å². The number of hydrogen-bond donors (Lipinski definition) is 1. The summed E-state index contributed by atoms with van der Waals surface area (Å²) in [7, 11) is -4.08. The van der Waals surface area contributed by atoms with Gasteiger partial charge in [-0.3, -0.25) is 0 Å². The molecule has 0 saturated heterocycles. The van der Waals surface area contributed by atoms with E-state index in [1.54, 1.807) is 0 Å². The Kier molecular flexibility index (Phi) is 4.07. The van der Waals surface area contributed by atoms with Crippen LogP contribution >= 0.6 is 0 Å². The van der Waals surface area contributed by atoms with E-state index in [-0.39, 0.29) is 29.7 Å². The lowest BCUT2D eigenvalue weighted by Crippen LogP contribution is -2.23. The number of hydrogen-bond acceptors (Lipinski definition) is 8. The molecule has 0 unspecified atom stereocenters. The number of sulfonamides is 1. The van der Waals surface area contributed by atoms with Crippen LogP contribution in [0, 0.1) is 0 Å². The van der Waals surface area contributed by atoms with Gasteiger partial charge in [0, 0.05) is 12.0 Å². The van der Waals surface area contributed by atoms with E-state index in [2.05, 4.69) is 24.5 Å². The smallest absolute Gasteiger partial charge is 0.441 e. The van der Waals surface area contributed by atoms with Crippen LogP contribution in [0.1, 0.15) is 36.2 Å². The molecule has 0 aromatic carbocycles. The fraction of sp³-hybridized carbons (Fsp3) is 0.357. The zero-order chi connectivity index (χ0) is 19.2. The molecule has 1 aliphatic carbocycles. The Labute approximate surface area is 149 Å². The molecule has 1 saturated carbocycles. The van der Waals surface area contributed by atoms with Gasteiger partial charge in [0.1, 0.15) is 5.69 Å². The van der Waals surface area contributed by atoms with Gasteiger partial charge < -0.3 is 13.5 Å². The van der Waals surface area contributed by atoms with E-state index in [1.807, 2.05) is 0 Å². The lowest BCUT2D eigenvalue weighted by Gasteiger charge is -2.00. The van der Waals surface area contributed by atoms with Crippen molar-refractivity contribution >= 4 is 10.0 Å². The van der Waals surface area contributed by atoms with E-state index >= 15 is 0 Å². The summed E-state index contributed by atoms with van der Waals surface area (Å²) in [6.07, 6.45) is -2.79. The predicted octanol–water partition coefficient (Wildman–Crippen LogP) is 2.69. The van der Waals surface area contributed by atoms with Crippen LogP contribution in [0.15, 0.2) is 36.8 Å². The molecule has 9 nitrogen and oxygen atoms in total. The molecule has 27 heavy (non-hydrogen) atoms. The Balaban J connectivity index is 1.46. The first-order valence-corrected chi connectivity index (χ1v) is 9.17. The Morgan fingerprint density at radius 2 is 1.96 bits per heavy atom. The standard InChI is InChI=1S/C14H11F3N4O5S/c15-14(16,17)10-5-8(20-25-10)9-3-4-12(24-9)27(22,23)18-6-11-19-13(26-21-11)7-1-2-7/h3-5,7,18H,1-2,6H2. The summed E-state index contributed by atoms with van der Waals surface area (Å²) in [5.41, 5.74) is -0.281. The van der Waals surface area contributed by atoms with Crippen LogP contribution in [-0.2, 0) is 22.7 Å². The highest BCUT2D eigenvalue weighted by Gasteiger charge is 2.36. The second-order valence-corrected chi connectivity index (χ2v) is 7.54. The quantitative estimate of drug-likeness (QED) is 0.665. The van der Waals surface area contributed by atoms with Crippen molar-refractivity contribution in [3.8, 4) is 11.5 Å². The molecular weight excluding hydrogens is 393 g/mol. The molecule has 0 radical (unpaired) electrons. The van der Waals surface area contributed by atoms with E-state index in [0.717, 1.165) is 18.9 Å². The summed E-state index contributed by atoms with van der Waals surface area (Å²) in [5.74, 6) is -0.640. The number of aromatic nitrogens is 3. The Morgan fingerprint density at radius 3 is 2.63 bits per heavy atom. The van der Waals surface area contributed by atoms with Crippen molar-refractivity contribution in [2.24, 2.45) is 0 Å².